The van der Waals surface area contributed by atoms with Crippen LogP contribution in [0.1, 0.15) is 28.3 Å². The summed E-state index contributed by atoms with van der Waals surface area (Å²) >= 11 is 6.77. The lowest BCUT2D eigenvalue weighted by molar-refractivity contribution is 0.560. The summed E-state index contributed by atoms with van der Waals surface area (Å²) in [5.41, 5.74) is 17.8. The van der Waals surface area contributed by atoms with Gasteiger partial charge in [-0.05, 0) is 108 Å². The second kappa shape index (κ2) is 15.8. The lowest BCUT2D eigenvalue weighted by atomic mass is 10.0. The molecule has 66 heavy (non-hydrogen) atoms. The van der Waals surface area contributed by atoms with E-state index in [1.807, 2.05) is 43.5 Å². The van der Waals surface area contributed by atoms with Gasteiger partial charge >= 0.3 is 5.63 Å². The summed E-state index contributed by atoms with van der Waals surface area (Å²) in [5, 5.41) is 10.2. The number of hydrogen-bond acceptors (Lipinski definition) is 6. The maximum atomic E-state index is 12.2. The molecule has 12 rings (SSSR count). The molecule has 2 N–H and O–H groups in total. The van der Waals surface area contributed by atoms with Crippen LogP contribution in [0.5, 0.6) is 0 Å². The van der Waals surface area contributed by atoms with Crippen molar-refractivity contribution in [1.29, 1.82) is 0 Å². The van der Waals surface area contributed by atoms with Gasteiger partial charge in [0.1, 0.15) is 11.3 Å². The molecule has 0 saturated heterocycles. The van der Waals surface area contributed by atoms with Crippen LogP contribution >= 0.6 is 11.6 Å². The van der Waals surface area contributed by atoms with Crippen molar-refractivity contribution in [3.8, 4) is 61.5 Å². The molecule has 8 bridgehead atoms. The van der Waals surface area contributed by atoms with Crippen LogP contribution < -0.4 is 5.63 Å². The highest BCUT2D eigenvalue weighted by atomic mass is 35.5. The number of fused-ring (bicyclic) bond motifs is 9. The second-order valence-electron chi connectivity index (χ2n) is 16.3. The average Bonchev–Trinajstić information content (AvgIpc) is 4.22. The first-order valence-electron chi connectivity index (χ1n) is 21.5. The molecule has 5 aromatic carbocycles. The Bertz CT molecular complexity index is 3810. The lowest BCUT2D eigenvalue weighted by Gasteiger charge is -2.08. The number of halogens is 1. The Morgan fingerprint density at radius 1 is 0.530 bits per heavy atom. The third kappa shape index (κ3) is 6.86. The molecule has 5 aromatic heterocycles. The fourth-order valence-corrected chi connectivity index (χ4v) is 9.32. The molecule has 0 spiro atoms. The van der Waals surface area contributed by atoms with Crippen LogP contribution in [0.25, 0.3) is 119 Å². The molecule has 0 unspecified atom stereocenters. The van der Waals surface area contributed by atoms with E-state index < -0.39 is 5.63 Å². The molecule has 2 aliphatic heterocycles. The van der Waals surface area contributed by atoms with E-state index in [9.17, 15) is 4.79 Å². The monoisotopic (exact) mass is 873 g/mol. The first kappa shape index (κ1) is 39.0. The zero-order valence-corrected chi connectivity index (χ0v) is 36.1. The normalized spacial score (nSPS) is 12.0. The number of aromatic amines is 2. The number of hydrogen-bond donors (Lipinski definition) is 2. The Morgan fingerprint density at radius 3 is 1.42 bits per heavy atom. The van der Waals surface area contributed by atoms with Gasteiger partial charge in [-0.3, -0.25) is 0 Å². The minimum Gasteiger partial charge on any atom is -0.423 e. The fraction of sp³-hybridized carbons (Fsp3) is 0.0179. The van der Waals surface area contributed by atoms with Crippen molar-refractivity contribution in [3.05, 3.63) is 208 Å². The van der Waals surface area contributed by atoms with E-state index in [4.69, 9.17) is 26.0 Å². The topological polar surface area (TPSA) is 118 Å². The number of aryl methyl sites for hydroxylation is 1. The number of aromatic nitrogens is 7. The van der Waals surface area contributed by atoms with E-state index in [0.29, 0.717) is 21.9 Å². The quantitative estimate of drug-likeness (QED) is 0.161. The smallest absolute Gasteiger partial charge is 0.336 e. The molecule has 0 saturated carbocycles. The fourth-order valence-electron chi connectivity index (χ4n) is 9.06. The number of nitrogens with one attached hydrogen (secondary N) is 2. The van der Waals surface area contributed by atoms with E-state index in [0.717, 1.165) is 106 Å². The van der Waals surface area contributed by atoms with Crippen molar-refractivity contribution in [3.63, 3.8) is 0 Å². The van der Waals surface area contributed by atoms with Crippen molar-refractivity contribution < 1.29 is 4.42 Å². The van der Waals surface area contributed by atoms with Crippen molar-refractivity contribution in [1.82, 2.24) is 34.9 Å². The van der Waals surface area contributed by atoms with Crippen LogP contribution in [0.2, 0.25) is 5.02 Å². The van der Waals surface area contributed by atoms with Crippen LogP contribution in [0.3, 0.4) is 0 Å². The first-order valence-corrected chi connectivity index (χ1v) is 21.9. The highest BCUT2D eigenvalue weighted by Crippen LogP contribution is 2.39. The summed E-state index contributed by atoms with van der Waals surface area (Å²) in [6, 6.07) is 52.9. The summed E-state index contributed by atoms with van der Waals surface area (Å²) in [5.74, 6) is 0. The van der Waals surface area contributed by atoms with E-state index in [2.05, 4.69) is 154 Å². The van der Waals surface area contributed by atoms with Crippen LogP contribution in [0, 0.1) is 6.92 Å². The van der Waals surface area contributed by atoms with Gasteiger partial charge in [-0.15, -0.1) is 5.10 Å². The zero-order chi connectivity index (χ0) is 44.3. The number of H-pyrrole nitrogens is 2. The molecular weight excluding hydrogens is 838 g/mol. The maximum absolute atomic E-state index is 12.2. The second-order valence-corrected chi connectivity index (χ2v) is 16.7. The molecule has 0 radical (unpaired) electrons. The van der Waals surface area contributed by atoms with Crippen molar-refractivity contribution in [2.24, 2.45) is 0 Å². The molecule has 2 aliphatic rings. The Kier molecular flexibility index (Phi) is 9.36. The molecule has 10 aromatic rings. The highest BCUT2D eigenvalue weighted by molar-refractivity contribution is 6.34. The predicted molar refractivity (Wildman–Crippen MR) is 267 cm³/mol. The molecule has 0 amide bonds. The number of nitrogens with zero attached hydrogens (tertiary/aromatic N) is 5. The van der Waals surface area contributed by atoms with Gasteiger partial charge in [-0.1, -0.05) is 120 Å². The van der Waals surface area contributed by atoms with Gasteiger partial charge < -0.3 is 14.4 Å². The number of rotatable bonds is 6. The predicted octanol–water partition coefficient (Wildman–Crippen LogP) is 13.6. The summed E-state index contributed by atoms with van der Waals surface area (Å²) in [6.45, 7) is 1.86. The van der Waals surface area contributed by atoms with Crippen LogP contribution in [-0.2, 0) is 0 Å². The largest absolute Gasteiger partial charge is 0.423 e. The van der Waals surface area contributed by atoms with E-state index in [1.165, 1.54) is 6.07 Å². The van der Waals surface area contributed by atoms with Crippen LogP contribution in [-0.4, -0.2) is 34.9 Å². The van der Waals surface area contributed by atoms with Gasteiger partial charge in [-0.2, -0.15) is 0 Å². The van der Waals surface area contributed by atoms with Crippen molar-refractivity contribution in [2.75, 3.05) is 0 Å². The summed E-state index contributed by atoms with van der Waals surface area (Å²) in [7, 11) is 0. The molecule has 7 heterocycles. The Balaban J connectivity index is 1.07. The minimum absolute atomic E-state index is 0.422. The summed E-state index contributed by atoms with van der Waals surface area (Å²) < 4.78 is 7.21. The van der Waals surface area contributed by atoms with E-state index in [-0.39, 0.29) is 0 Å². The Hall–Kier alpha value is -8.66. The first-order chi connectivity index (χ1) is 32.4. The standard InChI is InChI=1S/C56H36ClN7O2/c1-33-29-52(65)66-51-31-40(41(57)30-39(33)51)50-32-64(63-62-50)38-19-17-37(18-20-38)56-48-27-25-46(60-48)54(35-13-7-3-8-14-35)44-23-21-42(58-44)53(34-11-5-2-6-12-34)43-22-24-45(59-43)55(36-15-9-4-10-16-36)47-26-28-49(56)61-47/h2-32,58,61H,1H3. The van der Waals surface area contributed by atoms with Crippen LogP contribution in [0.4, 0.5) is 0 Å². The highest BCUT2D eigenvalue weighted by Gasteiger charge is 2.20. The van der Waals surface area contributed by atoms with Crippen LogP contribution in [0.15, 0.2) is 173 Å². The SMILES string of the molecule is Cc1cc(=O)oc2cc(-c3cn(-c4ccc(-c5c6nc(c(-c7ccccc7)c7ccc([nH]7)c(-c7ccccc7)c7nc(c(-c8ccccc8)c8ccc5[nH]8)C=C7)C=C6)cc4)nn3)c(Cl)cc12. The number of benzene rings is 5. The molecule has 10 heteroatoms. The maximum Gasteiger partial charge on any atom is 0.336 e. The summed E-state index contributed by atoms with van der Waals surface area (Å²) in [4.78, 5) is 30.7. The average molecular weight is 874 g/mol. The molecule has 0 aliphatic carbocycles. The van der Waals surface area contributed by atoms with Gasteiger partial charge in [0, 0.05) is 61.3 Å². The van der Waals surface area contributed by atoms with Gasteiger partial charge in [0.15, 0.2) is 0 Å². The van der Waals surface area contributed by atoms with Gasteiger partial charge in [0.05, 0.1) is 39.7 Å². The van der Waals surface area contributed by atoms with Gasteiger partial charge in [-0.25, -0.2) is 19.4 Å². The summed E-state index contributed by atoms with van der Waals surface area (Å²) in [6.07, 6.45) is 10.2. The van der Waals surface area contributed by atoms with Crippen molar-refractivity contribution in [2.45, 2.75) is 6.92 Å². The molecule has 0 fully saturated rings. The third-order valence-corrected chi connectivity index (χ3v) is 12.5. The third-order valence-electron chi connectivity index (χ3n) is 12.2. The van der Waals surface area contributed by atoms with Gasteiger partial charge in [0.2, 0.25) is 0 Å². The molecule has 0 atom stereocenters. The lowest BCUT2D eigenvalue weighted by Crippen LogP contribution is -1.98. The molecular formula is C56H36ClN7O2. The molecule has 9 nitrogen and oxygen atoms in total. The molecule has 314 valence electrons. The Morgan fingerprint density at radius 2 is 0.970 bits per heavy atom. The van der Waals surface area contributed by atoms with Gasteiger partial charge in [0.25, 0.3) is 0 Å². The van der Waals surface area contributed by atoms with E-state index >= 15 is 0 Å². The minimum atomic E-state index is -0.422. The van der Waals surface area contributed by atoms with Crippen molar-refractivity contribution >= 4 is 68.9 Å². The zero-order valence-electron chi connectivity index (χ0n) is 35.3. The van der Waals surface area contributed by atoms with E-state index in [1.54, 1.807) is 16.8 Å². The Labute approximate surface area is 382 Å².